The van der Waals surface area contributed by atoms with Crippen LogP contribution in [0.5, 0.6) is 11.8 Å². The summed E-state index contributed by atoms with van der Waals surface area (Å²) in [7, 11) is 0. The summed E-state index contributed by atoms with van der Waals surface area (Å²) in [6, 6.07) is 29.0. The van der Waals surface area contributed by atoms with E-state index in [4.69, 9.17) is 9.47 Å². The van der Waals surface area contributed by atoms with Gasteiger partial charge in [-0.3, -0.25) is 9.69 Å². The van der Waals surface area contributed by atoms with E-state index in [-0.39, 0.29) is 11.9 Å². The van der Waals surface area contributed by atoms with Crippen molar-refractivity contribution in [2.75, 3.05) is 4.90 Å². The van der Waals surface area contributed by atoms with Crippen molar-refractivity contribution in [2.24, 2.45) is 0 Å². The molecule has 0 spiro atoms. The highest BCUT2D eigenvalue weighted by atomic mass is 79.9. The van der Waals surface area contributed by atoms with E-state index in [0.717, 1.165) is 21.2 Å². The van der Waals surface area contributed by atoms with Crippen LogP contribution in [0.25, 0.3) is 0 Å². The number of fused-ring (bicyclic) bond motifs is 1. The number of benzene rings is 3. The van der Waals surface area contributed by atoms with Gasteiger partial charge in [0.1, 0.15) is 18.9 Å². The van der Waals surface area contributed by atoms with E-state index in [0.29, 0.717) is 36.2 Å². The van der Waals surface area contributed by atoms with Gasteiger partial charge in [-0.1, -0.05) is 76.6 Å². The number of aromatic nitrogens is 1. The smallest absolute Gasteiger partial charge is 0.259 e. The summed E-state index contributed by atoms with van der Waals surface area (Å²) in [6.07, 6.45) is 0. The highest BCUT2D eigenvalue weighted by Crippen LogP contribution is 2.42. The predicted molar refractivity (Wildman–Crippen MR) is 135 cm³/mol. The summed E-state index contributed by atoms with van der Waals surface area (Å²) >= 11 is 3.52. The topological polar surface area (TPSA) is 51.7 Å². The SMILES string of the molecule is CC1c2cc(Br)ccc2C(=O)N1c1ccc(OCc2ccccc2)nc1OCc1ccccc1. The average Bonchev–Trinajstić information content (AvgIpc) is 3.11. The van der Waals surface area contributed by atoms with Crippen LogP contribution < -0.4 is 14.4 Å². The molecule has 0 bridgehead atoms. The maximum absolute atomic E-state index is 13.3. The Morgan fingerprint density at radius 2 is 1.50 bits per heavy atom. The Hall–Kier alpha value is -3.64. The number of amides is 1. The molecule has 1 aromatic heterocycles. The molecule has 1 unspecified atom stereocenters. The molecule has 0 aliphatic carbocycles. The van der Waals surface area contributed by atoms with Crippen molar-refractivity contribution < 1.29 is 14.3 Å². The van der Waals surface area contributed by atoms with Gasteiger partial charge in [-0.15, -0.1) is 0 Å². The molecule has 0 saturated heterocycles. The number of nitrogens with zero attached hydrogens (tertiary/aromatic N) is 2. The van der Waals surface area contributed by atoms with Crippen LogP contribution in [-0.2, 0) is 13.2 Å². The summed E-state index contributed by atoms with van der Waals surface area (Å²) < 4.78 is 13.0. The second kappa shape index (κ2) is 9.69. The van der Waals surface area contributed by atoms with Crippen LogP contribution in [0.15, 0.2) is 95.5 Å². The van der Waals surface area contributed by atoms with Crippen LogP contribution in [0.3, 0.4) is 0 Å². The van der Waals surface area contributed by atoms with E-state index in [1.165, 1.54) is 0 Å². The fourth-order valence-corrected chi connectivity index (χ4v) is 4.46. The number of rotatable bonds is 7. The first-order valence-corrected chi connectivity index (χ1v) is 11.9. The van der Waals surface area contributed by atoms with Gasteiger partial charge in [0.05, 0.1) is 6.04 Å². The third-order valence-corrected chi connectivity index (χ3v) is 6.32. The highest BCUT2D eigenvalue weighted by Gasteiger charge is 2.37. The fourth-order valence-electron chi connectivity index (χ4n) is 4.08. The van der Waals surface area contributed by atoms with Gasteiger partial charge >= 0.3 is 0 Å². The van der Waals surface area contributed by atoms with Gasteiger partial charge in [0, 0.05) is 16.1 Å². The molecular formula is C28H23BrN2O3. The van der Waals surface area contributed by atoms with Gasteiger partial charge in [-0.2, -0.15) is 4.98 Å². The average molecular weight is 515 g/mol. The number of carbonyl (C=O) groups is 1. The Labute approximate surface area is 207 Å². The molecule has 5 rings (SSSR count). The summed E-state index contributed by atoms with van der Waals surface area (Å²) in [5.41, 5.74) is 4.34. The molecule has 34 heavy (non-hydrogen) atoms. The van der Waals surface area contributed by atoms with Gasteiger partial charge in [0.25, 0.3) is 5.91 Å². The van der Waals surface area contributed by atoms with Crippen molar-refractivity contribution >= 4 is 27.5 Å². The molecule has 1 atom stereocenters. The maximum atomic E-state index is 13.3. The minimum absolute atomic E-state index is 0.0701. The Balaban J connectivity index is 1.46. The van der Waals surface area contributed by atoms with Crippen LogP contribution in [0, 0.1) is 0 Å². The number of carbonyl (C=O) groups excluding carboxylic acids is 1. The van der Waals surface area contributed by atoms with Crippen molar-refractivity contribution in [3.63, 3.8) is 0 Å². The van der Waals surface area contributed by atoms with Gasteiger partial charge in [0.2, 0.25) is 11.8 Å². The Kier molecular flexibility index (Phi) is 6.32. The van der Waals surface area contributed by atoms with Crippen LogP contribution in [-0.4, -0.2) is 10.9 Å². The Bertz CT molecular complexity index is 1310. The van der Waals surface area contributed by atoms with Crippen molar-refractivity contribution in [1.29, 1.82) is 0 Å². The first kappa shape index (κ1) is 22.2. The largest absolute Gasteiger partial charge is 0.473 e. The molecule has 1 aliphatic rings. The third kappa shape index (κ3) is 4.54. The van der Waals surface area contributed by atoms with Gasteiger partial charge < -0.3 is 9.47 Å². The zero-order valence-electron chi connectivity index (χ0n) is 18.6. The Morgan fingerprint density at radius 1 is 0.853 bits per heavy atom. The Morgan fingerprint density at radius 3 is 2.18 bits per heavy atom. The number of hydrogen-bond acceptors (Lipinski definition) is 4. The first-order valence-electron chi connectivity index (χ1n) is 11.1. The molecule has 2 heterocycles. The van der Waals surface area contributed by atoms with Crippen LogP contribution >= 0.6 is 15.9 Å². The van der Waals surface area contributed by atoms with Crippen molar-refractivity contribution in [2.45, 2.75) is 26.2 Å². The number of halogens is 1. The van der Waals surface area contributed by atoms with E-state index in [1.54, 1.807) is 11.0 Å². The standard InChI is InChI=1S/C28H23BrN2O3/c1-19-24-16-22(29)12-13-23(24)28(32)31(19)25-14-15-26(33-17-20-8-4-2-5-9-20)30-27(25)34-18-21-10-6-3-7-11-21/h2-16,19H,17-18H2,1H3. The lowest BCUT2D eigenvalue weighted by molar-refractivity contribution is 0.0991. The molecule has 0 N–H and O–H groups in total. The molecule has 0 radical (unpaired) electrons. The number of hydrogen-bond donors (Lipinski definition) is 0. The molecule has 0 saturated carbocycles. The predicted octanol–water partition coefficient (Wildman–Crippen LogP) is 6.72. The highest BCUT2D eigenvalue weighted by molar-refractivity contribution is 9.10. The zero-order chi connectivity index (χ0) is 23.5. The normalized spacial score (nSPS) is 14.7. The molecule has 170 valence electrons. The quantitative estimate of drug-likeness (QED) is 0.274. The monoisotopic (exact) mass is 514 g/mol. The lowest BCUT2D eigenvalue weighted by atomic mass is 10.1. The summed E-state index contributed by atoms with van der Waals surface area (Å²) in [4.78, 5) is 19.7. The van der Waals surface area contributed by atoms with Crippen molar-refractivity contribution in [3.05, 3.63) is 118 Å². The fraction of sp³-hybridized carbons (Fsp3) is 0.143. The number of pyridine rings is 1. The zero-order valence-corrected chi connectivity index (χ0v) is 20.2. The summed E-state index contributed by atoms with van der Waals surface area (Å²) in [5.74, 6) is 0.732. The van der Waals surface area contributed by atoms with Crippen LogP contribution in [0.1, 0.15) is 40.0 Å². The van der Waals surface area contributed by atoms with E-state index in [2.05, 4.69) is 20.9 Å². The minimum atomic E-state index is -0.156. The van der Waals surface area contributed by atoms with Crippen LogP contribution in [0.2, 0.25) is 0 Å². The molecule has 4 aromatic rings. The summed E-state index contributed by atoms with van der Waals surface area (Å²) in [5, 5.41) is 0. The molecule has 5 nitrogen and oxygen atoms in total. The number of anilines is 1. The maximum Gasteiger partial charge on any atom is 0.259 e. The van der Waals surface area contributed by atoms with Crippen molar-refractivity contribution in [3.8, 4) is 11.8 Å². The van der Waals surface area contributed by atoms with Gasteiger partial charge in [-0.05, 0) is 47.9 Å². The van der Waals surface area contributed by atoms with Crippen LogP contribution in [0.4, 0.5) is 5.69 Å². The summed E-state index contributed by atoms with van der Waals surface area (Å²) in [6.45, 7) is 2.73. The molecule has 6 heteroatoms. The molecule has 1 aliphatic heterocycles. The lowest BCUT2D eigenvalue weighted by Crippen LogP contribution is -2.27. The van der Waals surface area contributed by atoms with Gasteiger partial charge in [0.15, 0.2) is 0 Å². The van der Waals surface area contributed by atoms with E-state index in [9.17, 15) is 4.79 Å². The first-order chi connectivity index (χ1) is 16.6. The van der Waals surface area contributed by atoms with Crippen molar-refractivity contribution in [1.82, 2.24) is 4.98 Å². The molecular weight excluding hydrogens is 492 g/mol. The molecule has 1 amide bonds. The molecule has 0 fully saturated rings. The minimum Gasteiger partial charge on any atom is -0.473 e. The lowest BCUT2D eigenvalue weighted by Gasteiger charge is -2.24. The van der Waals surface area contributed by atoms with E-state index in [1.807, 2.05) is 91.9 Å². The van der Waals surface area contributed by atoms with E-state index >= 15 is 0 Å². The molecule has 3 aromatic carbocycles. The second-order valence-corrected chi connectivity index (χ2v) is 9.02. The van der Waals surface area contributed by atoms with Gasteiger partial charge in [-0.25, -0.2) is 0 Å². The number of ether oxygens (including phenoxy) is 2. The third-order valence-electron chi connectivity index (χ3n) is 5.82. The van der Waals surface area contributed by atoms with E-state index < -0.39 is 0 Å². The second-order valence-electron chi connectivity index (χ2n) is 8.11.